The Kier molecular flexibility index (Phi) is 11.2. The Morgan fingerprint density at radius 3 is 2.44 bits per heavy atom. The molecular formula is C38H47F4N5O9S. The number of pyridine rings is 1. The Labute approximate surface area is 327 Å². The molecule has 2 saturated carbocycles. The van der Waals surface area contributed by atoms with Crippen molar-refractivity contribution in [2.75, 3.05) is 13.7 Å². The molecule has 2 aliphatic heterocycles. The number of carboxylic acid groups (broad SMARTS) is 1. The number of allylic oxidation sites excluding steroid dienone is 1. The van der Waals surface area contributed by atoms with E-state index in [1.807, 2.05) is 6.92 Å². The summed E-state index contributed by atoms with van der Waals surface area (Å²) in [5.74, 6) is -5.46. The lowest BCUT2D eigenvalue weighted by Gasteiger charge is -2.45. The SMILES string of the molecule is COc1cc(F)cc2c(O[C@@H]3C[C@H]4C(=O)N[C@]5(C(=O)NS(=O)(=O)C6CC6)C[C@H]5C=CCC[C@H](C)C[C@@H](C)[C@H](N(C(=O)O)C(C)(C)C(F)(F)F)C(=O)N4C3)nccc12. The van der Waals surface area contributed by atoms with Crippen LogP contribution < -0.4 is 19.5 Å². The van der Waals surface area contributed by atoms with Gasteiger partial charge < -0.3 is 24.8 Å². The van der Waals surface area contributed by atoms with Crippen molar-refractivity contribution in [1.82, 2.24) is 24.8 Å². The largest absolute Gasteiger partial charge is 0.496 e. The quantitative estimate of drug-likeness (QED) is 0.244. The van der Waals surface area contributed by atoms with E-state index in [1.54, 1.807) is 18.2 Å². The van der Waals surface area contributed by atoms with Crippen LogP contribution >= 0.6 is 0 Å². The van der Waals surface area contributed by atoms with Gasteiger partial charge in [0.2, 0.25) is 27.7 Å². The molecule has 19 heteroatoms. The van der Waals surface area contributed by atoms with Crippen LogP contribution in [0, 0.1) is 23.6 Å². The summed E-state index contributed by atoms with van der Waals surface area (Å²) in [5, 5.41) is 12.9. The van der Waals surface area contributed by atoms with Crippen LogP contribution in [0.4, 0.5) is 22.4 Å². The van der Waals surface area contributed by atoms with Crippen molar-refractivity contribution in [3.8, 4) is 11.6 Å². The molecule has 14 nitrogen and oxygen atoms in total. The third-order valence-electron chi connectivity index (χ3n) is 11.6. The van der Waals surface area contributed by atoms with Gasteiger partial charge in [0.15, 0.2) is 0 Å². The number of hydrogen-bond donors (Lipinski definition) is 3. The number of sulfonamides is 1. The maximum atomic E-state index is 14.9. The summed E-state index contributed by atoms with van der Waals surface area (Å²) in [5.41, 5.74) is -4.81. The molecule has 0 bridgehead atoms. The number of ether oxygens (including phenoxy) is 2. The maximum absolute atomic E-state index is 14.9. The Morgan fingerprint density at radius 2 is 1.81 bits per heavy atom. The monoisotopic (exact) mass is 825 g/mol. The molecule has 2 aliphatic carbocycles. The molecule has 57 heavy (non-hydrogen) atoms. The lowest BCUT2D eigenvalue weighted by Crippen LogP contribution is -2.66. The van der Waals surface area contributed by atoms with Crippen LogP contribution in [0.25, 0.3) is 10.8 Å². The van der Waals surface area contributed by atoms with E-state index in [4.69, 9.17) is 9.47 Å². The first-order chi connectivity index (χ1) is 26.6. The molecule has 7 atom stereocenters. The van der Waals surface area contributed by atoms with E-state index in [-0.39, 0.29) is 47.1 Å². The number of carbonyl (C=O) groups excluding carboxylic acids is 3. The van der Waals surface area contributed by atoms with Crippen molar-refractivity contribution in [3.05, 3.63) is 42.4 Å². The van der Waals surface area contributed by atoms with Gasteiger partial charge in [-0.15, -0.1) is 0 Å². The average molecular weight is 826 g/mol. The molecule has 3 fully saturated rings. The fraction of sp³-hybridized carbons (Fsp3) is 0.605. The second kappa shape index (κ2) is 15.2. The highest BCUT2D eigenvalue weighted by Gasteiger charge is 2.63. The normalized spacial score (nSPS) is 28.7. The fourth-order valence-electron chi connectivity index (χ4n) is 8.10. The van der Waals surface area contributed by atoms with Crippen molar-refractivity contribution < 1.29 is 59.7 Å². The van der Waals surface area contributed by atoms with Crippen LogP contribution in [-0.4, -0.2) is 106 Å². The molecule has 0 spiro atoms. The summed E-state index contributed by atoms with van der Waals surface area (Å²) >= 11 is 0. The third kappa shape index (κ3) is 8.21. The predicted octanol–water partition coefficient (Wildman–Crippen LogP) is 4.92. The fourth-order valence-corrected chi connectivity index (χ4v) is 9.46. The zero-order chi connectivity index (χ0) is 41.8. The molecule has 0 radical (unpaired) electrons. The highest BCUT2D eigenvalue weighted by molar-refractivity contribution is 7.91. The van der Waals surface area contributed by atoms with Gasteiger partial charge in [-0.3, -0.25) is 24.0 Å². The molecular weight excluding hydrogens is 779 g/mol. The zero-order valence-electron chi connectivity index (χ0n) is 32.1. The first kappa shape index (κ1) is 41.9. The van der Waals surface area contributed by atoms with E-state index >= 15 is 0 Å². The van der Waals surface area contributed by atoms with Gasteiger partial charge in [-0.1, -0.05) is 26.0 Å². The predicted molar refractivity (Wildman–Crippen MR) is 197 cm³/mol. The highest BCUT2D eigenvalue weighted by Crippen LogP contribution is 2.47. The lowest BCUT2D eigenvalue weighted by atomic mass is 9.85. The number of alkyl halides is 3. The van der Waals surface area contributed by atoms with Crippen LogP contribution in [0.3, 0.4) is 0 Å². The topological polar surface area (TPSA) is 185 Å². The molecule has 3 heterocycles. The summed E-state index contributed by atoms with van der Waals surface area (Å²) in [7, 11) is -2.70. The van der Waals surface area contributed by atoms with E-state index in [0.717, 1.165) is 17.0 Å². The van der Waals surface area contributed by atoms with Crippen molar-refractivity contribution in [2.24, 2.45) is 17.8 Å². The summed E-state index contributed by atoms with van der Waals surface area (Å²) in [4.78, 5) is 61.3. The van der Waals surface area contributed by atoms with Gasteiger partial charge in [0.1, 0.15) is 40.8 Å². The van der Waals surface area contributed by atoms with Crippen LogP contribution in [0.5, 0.6) is 11.6 Å². The van der Waals surface area contributed by atoms with E-state index in [1.165, 1.54) is 20.2 Å². The first-order valence-corrected chi connectivity index (χ1v) is 20.4. The Morgan fingerprint density at radius 1 is 1.11 bits per heavy atom. The maximum Gasteiger partial charge on any atom is 0.411 e. The minimum absolute atomic E-state index is 0.0248. The smallest absolute Gasteiger partial charge is 0.411 e. The summed E-state index contributed by atoms with van der Waals surface area (Å²) in [6.07, 6.45) is -1.86. The number of fused-ring (bicyclic) bond motifs is 3. The molecule has 1 aromatic heterocycles. The summed E-state index contributed by atoms with van der Waals surface area (Å²) < 4.78 is 98.0. The number of benzene rings is 1. The van der Waals surface area contributed by atoms with Crippen molar-refractivity contribution >= 4 is 44.6 Å². The summed E-state index contributed by atoms with van der Waals surface area (Å²) in [6, 6.07) is 0.372. The number of amides is 4. The van der Waals surface area contributed by atoms with E-state index < -0.39 is 98.7 Å². The van der Waals surface area contributed by atoms with E-state index in [2.05, 4.69) is 15.0 Å². The highest BCUT2D eigenvalue weighted by atomic mass is 32.2. The molecule has 1 aromatic carbocycles. The van der Waals surface area contributed by atoms with Gasteiger partial charge in [-0.25, -0.2) is 22.6 Å². The van der Waals surface area contributed by atoms with Gasteiger partial charge in [0.05, 0.1) is 24.3 Å². The van der Waals surface area contributed by atoms with Crippen LogP contribution in [0.15, 0.2) is 36.5 Å². The number of carbonyl (C=O) groups is 4. The van der Waals surface area contributed by atoms with Crippen molar-refractivity contribution in [3.63, 3.8) is 0 Å². The Bertz CT molecular complexity index is 2080. The van der Waals surface area contributed by atoms with Gasteiger partial charge in [-0.2, -0.15) is 13.2 Å². The second-order valence-electron chi connectivity index (χ2n) is 16.2. The summed E-state index contributed by atoms with van der Waals surface area (Å²) in [6.45, 7) is 4.19. The van der Waals surface area contributed by atoms with E-state index in [0.29, 0.717) is 44.9 Å². The lowest BCUT2D eigenvalue weighted by molar-refractivity contribution is -0.222. The average Bonchev–Trinajstić information content (AvgIpc) is 4.04. The third-order valence-corrected chi connectivity index (χ3v) is 13.4. The molecule has 4 amide bonds. The first-order valence-electron chi connectivity index (χ1n) is 18.8. The Hall–Kier alpha value is -4.68. The van der Waals surface area contributed by atoms with Gasteiger partial charge in [-0.05, 0) is 76.3 Å². The molecule has 1 saturated heterocycles. The number of aromatic nitrogens is 1. The zero-order valence-corrected chi connectivity index (χ0v) is 33.0. The van der Waals surface area contributed by atoms with Crippen LogP contribution in [-0.2, 0) is 24.4 Å². The number of halogens is 4. The number of hydrogen-bond acceptors (Lipinski definition) is 9. The standard InChI is InChI=1S/C38H47F4N5O9S/c1-20-8-6-7-9-22-18-37(22,34(50)45-57(53,54)25-10-11-25)44-31(48)28-17-24(56-32-27-15-23(39)16-29(55-5)26(27)12-13-43-32)19-46(28)33(49)30(21(2)14-20)47(35(51)52)36(3,4)38(40,41)42/h7,9,12-13,15-16,20-22,24-25,28,30H,6,8,10-11,14,17-19H2,1-5H3,(H,44,48)(H,45,50)(H,51,52)/t20-,21+,22+,24+,28-,30-,37+/m0/s1. The minimum Gasteiger partial charge on any atom is -0.496 e. The molecule has 2 aromatic rings. The van der Waals surface area contributed by atoms with Gasteiger partial charge >= 0.3 is 12.3 Å². The second-order valence-corrected chi connectivity index (χ2v) is 18.2. The molecule has 0 unspecified atom stereocenters. The van der Waals surface area contributed by atoms with E-state index in [9.17, 15) is 50.3 Å². The number of nitrogens with zero attached hydrogens (tertiary/aromatic N) is 3. The van der Waals surface area contributed by atoms with Crippen molar-refractivity contribution in [2.45, 2.75) is 113 Å². The van der Waals surface area contributed by atoms with Gasteiger partial charge in [0, 0.05) is 30.0 Å². The van der Waals surface area contributed by atoms with Gasteiger partial charge in [0.25, 0.3) is 5.91 Å². The molecule has 312 valence electrons. The number of methoxy groups -OCH3 is 1. The number of rotatable bonds is 8. The minimum atomic E-state index is -5.12. The van der Waals surface area contributed by atoms with Crippen molar-refractivity contribution in [1.29, 1.82) is 0 Å². The van der Waals surface area contributed by atoms with Crippen LogP contribution in [0.1, 0.15) is 72.6 Å². The van der Waals surface area contributed by atoms with Crippen LogP contribution in [0.2, 0.25) is 0 Å². The Balaban J connectivity index is 1.43. The number of nitrogens with one attached hydrogen (secondary N) is 2. The molecule has 6 rings (SSSR count). The molecule has 4 aliphatic rings. The molecule has 3 N–H and O–H groups in total.